The Labute approximate surface area is 113 Å². The SMILES string of the molecule is CC(c1nc2c(c(NN)n1)CCCCC2)S(C)(=O)=O. The molecule has 6 nitrogen and oxygen atoms in total. The van der Waals surface area contributed by atoms with Crippen molar-refractivity contribution in [3.8, 4) is 0 Å². The van der Waals surface area contributed by atoms with Gasteiger partial charge >= 0.3 is 0 Å². The van der Waals surface area contributed by atoms with Gasteiger partial charge in [0.05, 0.1) is 0 Å². The third-order valence-corrected chi connectivity index (χ3v) is 5.09. The molecule has 0 spiro atoms. The topological polar surface area (TPSA) is 98.0 Å². The maximum Gasteiger partial charge on any atom is 0.157 e. The van der Waals surface area contributed by atoms with Gasteiger partial charge in [0.1, 0.15) is 16.9 Å². The van der Waals surface area contributed by atoms with E-state index in [9.17, 15) is 8.42 Å². The molecular formula is C12H20N4O2S. The minimum atomic E-state index is -3.21. The van der Waals surface area contributed by atoms with Crippen LogP contribution in [0.4, 0.5) is 5.82 Å². The molecule has 0 aromatic carbocycles. The Morgan fingerprint density at radius 1 is 1.21 bits per heavy atom. The molecule has 1 aliphatic carbocycles. The van der Waals surface area contributed by atoms with E-state index in [0.29, 0.717) is 11.6 Å². The van der Waals surface area contributed by atoms with Gasteiger partial charge in [-0.05, 0) is 32.6 Å². The average Bonchev–Trinajstić information content (AvgIpc) is 2.60. The molecule has 1 unspecified atom stereocenters. The zero-order valence-corrected chi connectivity index (χ0v) is 12.1. The maximum absolute atomic E-state index is 11.6. The second-order valence-corrected chi connectivity index (χ2v) is 7.40. The van der Waals surface area contributed by atoms with Crippen LogP contribution in [0.1, 0.15) is 48.5 Å². The highest BCUT2D eigenvalue weighted by Crippen LogP contribution is 2.27. The molecule has 0 amide bonds. The molecule has 1 aromatic heterocycles. The Morgan fingerprint density at radius 3 is 2.53 bits per heavy atom. The monoisotopic (exact) mass is 284 g/mol. The van der Waals surface area contributed by atoms with Crippen molar-refractivity contribution in [2.45, 2.75) is 44.3 Å². The van der Waals surface area contributed by atoms with Crippen LogP contribution < -0.4 is 11.3 Å². The van der Waals surface area contributed by atoms with Gasteiger partial charge in [-0.3, -0.25) is 0 Å². The summed E-state index contributed by atoms with van der Waals surface area (Å²) in [5.41, 5.74) is 4.55. The average molecular weight is 284 g/mol. The lowest BCUT2D eigenvalue weighted by Crippen LogP contribution is -2.18. The number of fused-ring (bicyclic) bond motifs is 1. The smallest absolute Gasteiger partial charge is 0.157 e. The van der Waals surface area contributed by atoms with Crippen LogP contribution in [0, 0.1) is 0 Å². The molecule has 7 heteroatoms. The molecule has 19 heavy (non-hydrogen) atoms. The highest BCUT2D eigenvalue weighted by atomic mass is 32.2. The van der Waals surface area contributed by atoms with Crippen molar-refractivity contribution in [2.75, 3.05) is 11.7 Å². The molecule has 1 aliphatic rings. The highest BCUT2D eigenvalue weighted by molar-refractivity contribution is 7.90. The summed E-state index contributed by atoms with van der Waals surface area (Å²) in [7, 11) is -3.21. The molecule has 0 fully saturated rings. The molecule has 0 aliphatic heterocycles. The summed E-state index contributed by atoms with van der Waals surface area (Å²) in [6.07, 6.45) is 6.25. The summed E-state index contributed by atoms with van der Waals surface area (Å²) < 4.78 is 23.3. The number of hydrogen-bond acceptors (Lipinski definition) is 6. The zero-order valence-electron chi connectivity index (χ0n) is 11.3. The number of nitrogens with two attached hydrogens (primary N) is 1. The molecule has 0 bridgehead atoms. The van der Waals surface area contributed by atoms with Gasteiger partial charge in [0, 0.05) is 17.5 Å². The number of hydrogen-bond donors (Lipinski definition) is 2. The number of anilines is 1. The lowest BCUT2D eigenvalue weighted by molar-refractivity contribution is 0.588. The van der Waals surface area contributed by atoms with Crippen LogP contribution in [0.3, 0.4) is 0 Å². The molecule has 0 radical (unpaired) electrons. The number of hydrazine groups is 1. The fourth-order valence-corrected chi connectivity index (χ4v) is 2.77. The zero-order chi connectivity index (χ0) is 14.0. The van der Waals surface area contributed by atoms with Gasteiger partial charge in [0.25, 0.3) is 0 Å². The summed E-state index contributed by atoms with van der Waals surface area (Å²) in [6, 6.07) is 0. The predicted molar refractivity (Wildman–Crippen MR) is 74.4 cm³/mol. The normalized spacial score (nSPS) is 17.4. The van der Waals surface area contributed by atoms with Crippen LogP contribution in [-0.2, 0) is 22.7 Å². The molecule has 1 atom stereocenters. The van der Waals surface area contributed by atoms with E-state index in [1.807, 2.05) is 0 Å². The van der Waals surface area contributed by atoms with Crippen LogP contribution in [0.15, 0.2) is 0 Å². The number of rotatable bonds is 3. The summed E-state index contributed by atoms with van der Waals surface area (Å²) >= 11 is 0. The lowest BCUT2D eigenvalue weighted by atomic mass is 10.1. The predicted octanol–water partition coefficient (Wildman–Crippen LogP) is 1.14. The Hall–Kier alpha value is -1.21. The van der Waals surface area contributed by atoms with Crippen LogP contribution in [0.25, 0.3) is 0 Å². The van der Waals surface area contributed by atoms with Crippen molar-refractivity contribution in [1.82, 2.24) is 9.97 Å². The van der Waals surface area contributed by atoms with Crippen LogP contribution in [0.2, 0.25) is 0 Å². The number of sulfone groups is 1. The van der Waals surface area contributed by atoms with Gasteiger partial charge in [-0.2, -0.15) is 0 Å². The van der Waals surface area contributed by atoms with Crippen molar-refractivity contribution < 1.29 is 8.42 Å². The van der Waals surface area contributed by atoms with E-state index in [-0.39, 0.29) is 0 Å². The van der Waals surface area contributed by atoms with E-state index in [1.165, 1.54) is 6.26 Å². The van der Waals surface area contributed by atoms with Crippen LogP contribution in [-0.4, -0.2) is 24.6 Å². The Kier molecular flexibility index (Phi) is 4.05. The van der Waals surface area contributed by atoms with Crippen molar-refractivity contribution >= 4 is 15.7 Å². The third-order valence-electron chi connectivity index (χ3n) is 3.59. The molecule has 3 N–H and O–H groups in total. The standard InChI is InChI=1S/C12H20N4O2S/c1-8(19(2,17)18)11-14-10-7-5-3-4-6-9(10)12(15-11)16-13/h8H,3-7,13H2,1-2H3,(H,14,15,16). The first-order valence-electron chi connectivity index (χ1n) is 6.48. The fraction of sp³-hybridized carbons (Fsp3) is 0.667. The van der Waals surface area contributed by atoms with Crippen molar-refractivity contribution in [3.63, 3.8) is 0 Å². The number of nitrogen functional groups attached to an aromatic ring is 1. The van der Waals surface area contributed by atoms with Crippen molar-refractivity contribution in [2.24, 2.45) is 5.84 Å². The highest BCUT2D eigenvalue weighted by Gasteiger charge is 2.24. The Bertz CT molecular complexity index is 571. The Morgan fingerprint density at radius 2 is 1.89 bits per heavy atom. The van der Waals surface area contributed by atoms with Gasteiger partial charge in [-0.25, -0.2) is 24.2 Å². The van der Waals surface area contributed by atoms with E-state index < -0.39 is 15.1 Å². The fourth-order valence-electron chi connectivity index (χ4n) is 2.28. The number of nitrogens with zero attached hydrogens (tertiary/aromatic N) is 2. The molecule has 106 valence electrons. The van der Waals surface area contributed by atoms with E-state index in [2.05, 4.69) is 15.4 Å². The van der Waals surface area contributed by atoms with Gasteiger partial charge in [-0.1, -0.05) is 6.42 Å². The van der Waals surface area contributed by atoms with Crippen molar-refractivity contribution in [3.05, 3.63) is 17.1 Å². The van der Waals surface area contributed by atoms with Gasteiger partial charge in [-0.15, -0.1) is 0 Å². The largest absolute Gasteiger partial charge is 0.308 e. The lowest BCUT2D eigenvalue weighted by Gasteiger charge is -2.15. The van der Waals surface area contributed by atoms with Gasteiger partial charge in [0.15, 0.2) is 9.84 Å². The summed E-state index contributed by atoms with van der Waals surface area (Å²) in [6.45, 7) is 1.61. The summed E-state index contributed by atoms with van der Waals surface area (Å²) in [5.74, 6) is 6.41. The number of nitrogens with one attached hydrogen (secondary N) is 1. The first kappa shape index (κ1) is 14.2. The van der Waals surface area contributed by atoms with Crippen molar-refractivity contribution in [1.29, 1.82) is 0 Å². The third kappa shape index (κ3) is 3.03. The first-order chi connectivity index (χ1) is 8.93. The molecule has 0 saturated carbocycles. The van der Waals surface area contributed by atoms with Gasteiger partial charge in [0.2, 0.25) is 0 Å². The second kappa shape index (κ2) is 5.42. The Balaban J connectivity index is 2.51. The van der Waals surface area contributed by atoms with E-state index in [1.54, 1.807) is 6.92 Å². The quantitative estimate of drug-likeness (QED) is 0.490. The molecule has 1 heterocycles. The van der Waals surface area contributed by atoms with Crippen LogP contribution in [0.5, 0.6) is 0 Å². The van der Waals surface area contributed by atoms with E-state index in [4.69, 9.17) is 5.84 Å². The first-order valence-corrected chi connectivity index (χ1v) is 8.44. The summed E-state index contributed by atoms with van der Waals surface area (Å²) in [5, 5.41) is -0.715. The van der Waals surface area contributed by atoms with E-state index in [0.717, 1.165) is 43.4 Å². The molecule has 2 rings (SSSR count). The minimum Gasteiger partial charge on any atom is -0.308 e. The number of aromatic nitrogens is 2. The summed E-state index contributed by atoms with van der Waals surface area (Å²) in [4.78, 5) is 8.75. The molecule has 0 saturated heterocycles. The molecular weight excluding hydrogens is 264 g/mol. The molecule has 1 aromatic rings. The van der Waals surface area contributed by atoms with Gasteiger partial charge < -0.3 is 5.43 Å². The number of aryl methyl sites for hydroxylation is 1. The van der Waals surface area contributed by atoms with E-state index >= 15 is 0 Å². The van der Waals surface area contributed by atoms with Crippen LogP contribution >= 0.6 is 0 Å². The second-order valence-electron chi connectivity index (χ2n) is 5.03. The minimum absolute atomic E-state index is 0.330. The maximum atomic E-state index is 11.6.